The molecule has 2 aliphatic rings. The highest BCUT2D eigenvalue weighted by atomic mass is 35.5. The van der Waals surface area contributed by atoms with Crippen molar-refractivity contribution in [2.75, 3.05) is 31.5 Å². The van der Waals surface area contributed by atoms with Gasteiger partial charge in [-0.25, -0.2) is 4.79 Å². The predicted octanol–water partition coefficient (Wildman–Crippen LogP) is 9.27. The fraction of sp³-hybridized carbons (Fsp3) is 0.610. The third-order valence-corrected chi connectivity index (χ3v) is 9.85. The number of rotatable bonds is 17. The Balaban J connectivity index is 1.25. The predicted molar refractivity (Wildman–Crippen MR) is 204 cm³/mol. The molecule has 4 rings (SSSR count). The van der Waals surface area contributed by atoms with E-state index in [1.54, 1.807) is 34.9 Å². The van der Waals surface area contributed by atoms with Crippen LogP contribution in [0.25, 0.3) is 0 Å². The minimum atomic E-state index is -0.798. The average molecular weight is 740 g/mol. The number of ether oxygens (including phenoxy) is 3. The summed E-state index contributed by atoms with van der Waals surface area (Å²) >= 11 is 6.75. The van der Waals surface area contributed by atoms with Crippen molar-refractivity contribution in [1.29, 1.82) is 0 Å². The molecule has 2 heterocycles. The van der Waals surface area contributed by atoms with Gasteiger partial charge in [-0.15, -0.1) is 0 Å². The smallest absolute Gasteiger partial charge is 0.410 e. The van der Waals surface area contributed by atoms with Gasteiger partial charge in [-0.1, -0.05) is 94.9 Å². The topological polar surface area (TPSA) is 114 Å². The van der Waals surface area contributed by atoms with Crippen LogP contribution in [0.4, 0.5) is 10.5 Å². The highest BCUT2D eigenvalue weighted by Crippen LogP contribution is 2.43. The van der Waals surface area contributed by atoms with E-state index < -0.39 is 17.7 Å². The number of piperazine rings is 1. The van der Waals surface area contributed by atoms with Crippen molar-refractivity contribution >= 4 is 41.2 Å². The molecule has 1 unspecified atom stereocenters. The van der Waals surface area contributed by atoms with Crippen molar-refractivity contribution < 1.29 is 33.4 Å². The maximum Gasteiger partial charge on any atom is 0.410 e. The molecule has 0 aromatic heterocycles. The molecule has 1 saturated heterocycles. The number of carbonyl (C=O) groups is 4. The molecule has 2 aromatic rings. The van der Waals surface area contributed by atoms with E-state index >= 15 is 0 Å². The van der Waals surface area contributed by atoms with E-state index in [1.165, 1.54) is 51.4 Å². The summed E-state index contributed by atoms with van der Waals surface area (Å²) in [4.78, 5) is 54.2. The van der Waals surface area contributed by atoms with Gasteiger partial charge in [-0.3, -0.25) is 14.4 Å². The zero-order valence-corrected chi connectivity index (χ0v) is 32.5. The molecule has 1 N–H and O–H groups in total. The molecule has 2 aliphatic heterocycles. The molecule has 10 nitrogen and oxygen atoms in total. The molecule has 1 fully saturated rings. The Morgan fingerprint density at radius 3 is 2.08 bits per heavy atom. The van der Waals surface area contributed by atoms with Crippen LogP contribution in [-0.2, 0) is 19.1 Å². The first-order valence-corrected chi connectivity index (χ1v) is 19.6. The van der Waals surface area contributed by atoms with Crippen molar-refractivity contribution in [2.24, 2.45) is 0 Å². The van der Waals surface area contributed by atoms with Crippen LogP contribution in [0.3, 0.4) is 0 Å². The van der Waals surface area contributed by atoms with Crippen molar-refractivity contribution in [3.63, 3.8) is 0 Å². The summed E-state index contributed by atoms with van der Waals surface area (Å²) in [5, 5.41) is 3.41. The Labute approximate surface area is 314 Å². The second-order valence-corrected chi connectivity index (χ2v) is 15.5. The quantitative estimate of drug-likeness (QED) is 0.0977. The number of amides is 3. The number of nitrogens with zero attached hydrogens (tertiary/aromatic N) is 2. The number of halogens is 1. The summed E-state index contributed by atoms with van der Waals surface area (Å²) in [6.45, 7) is 10.9. The van der Waals surface area contributed by atoms with E-state index in [9.17, 15) is 19.2 Å². The van der Waals surface area contributed by atoms with E-state index in [1.807, 2.05) is 39.0 Å². The van der Waals surface area contributed by atoms with Crippen LogP contribution in [0.1, 0.15) is 135 Å². The van der Waals surface area contributed by atoms with Gasteiger partial charge in [-0.2, -0.15) is 0 Å². The number of anilines is 1. The number of esters is 1. The number of benzene rings is 2. The SMILES string of the molecule is CCCCCCCCCCCCCC(=O)Nc1ccc(C2CC(=O)Oc3cc(O[C@@H](C)C(=O)N4CCN(C(=O)OC(C)(C)C)CC4)ccc32)c(Cl)c1. The van der Waals surface area contributed by atoms with Crippen LogP contribution < -0.4 is 14.8 Å². The lowest BCUT2D eigenvalue weighted by atomic mass is 9.86. The normalized spacial score (nSPS) is 16.5. The fourth-order valence-corrected chi connectivity index (χ4v) is 7.00. The highest BCUT2D eigenvalue weighted by Gasteiger charge is 2.32. The summed E-state index contributed by atoms with van der Waals surface area (Å²) in [6.07, 6.45) is 13.0. The Hall–Kier alpha value is -3.79. The summed E-state index contributed by atoms with van der Waals surface area (Å²) in [6, 6.07) is 10.6. The maximum atomic E-state index is 13.2. The van der Waals surface area contributed by atoms with Gasteiger partial charge in [-0.05, 0) is 57.9 Å². The molecule has 0 aliphatic carbocycles. The number of carbonyl (C=O) groups excluding carboxylic acids is 4. The average Bonchev–Trinajstić information content (AvgIpc) is 3.09. The minimum absolute atomic E-state index is 0.0328. The summed E-state index contributed by atoms with van der Waals surface area (Å²) in [5.41, 5.74) is 1.57. The third-order valence-electron chi connectivity index (χ3n) is 9.53. The first kappa shape index (κ1) is 41.0. The van der Waals surface area contributed by atoms with Crippen LogP contribution in [-0.4, -0.2) is 71.6 Å². The summed E-state index contributed by atoms with van der Waals surface area (Å²) in [5.74, 6) is -0.239. The first-order chi connectivity index (χ1) is 24.8. The summed E-state index contributed by atoms with van der Waals surface area (Å²) < 4.78 is 17.0. The van der Waals surface area contributed by atoms with E-state index in [0.29, 0.717) is 54.8 Å². The molecular formula is C41H58ClN3O7. The van der Waals surface area contributed by atoms with Crippen molar-refractivity contribution in [1.82, 2.24) is 9.80 Å². The van der Waals surface area contributed by atoms with E-state index in [4.69, 9.17) is 25.8 Å². The Morgan fingerprint density at radius 2 is 1.46 bits per heavy atom. The van der Waals surface area contributed by atoms with Crippen LogP contribution >= 0.6 is 11.6 Å². The van der Waals surface area contributed by atoms with Gasteiger partial charge < -0.3 is 29.3 Å². The van der Waals surface area contributed by atoms with Gasteiger partial charge in [0.25, 0.3) is 5.91 Å². The molecular weight excluding hydrogens is 682 g/mol. The van der Waals surface area contributed by atoms with Gasteiger partial charge >= 0.3 is 12.1 Å². The molecule has 0 spiro atoms. The molecule has 0 radical (unpaired) electrons. The lowest BCUT2D eigenvalue weighted by Gasteiger charge is -2.36. The van der Waals surface area contributed by atoms with Crippen molar-refractivity contribution in [2.45, 2.75) is 136 Å². The Bertz CT molecular complexity index is 1520. The van der Waals surface area contributed by atoms with Gasteiger partial charge in [0.05, 0.1) is 6.42 Å². The molecule has 2 aromatic carbocycles. The highest BCUT2D eigenvalue weighted by molar-refractivity contribution is 6.31. The second-order valence-electron chi connectivity index (χ2n) is 15.1. The van der Waals surface area contributed by atoms with Crippen molar-refractivity contribution in [3.8, 4) is 11.5 Å². The van der Waals surface area contributed by atoms with Crippen LogP contribution in [0.2, 0.25) is 5.02 Å². The lowest BCUT2D eigenvalue weighted by Crippen LogP contribution is -2.54. The lowest BCUT2D eigenvalue weighted by molar-refractivity contribution is -0.140. The number of hydrogen-bond donors (Lipinski definition) is 1. The standard InChI is InChI=1S/C41H58ClN3O7/c1-6-7-8-9-10-11-12-13-14-15-16-17-37(46)43-30-18-20-32(35(42)26-30)34-28-38(47)51-36-27-31(19-21-33(34)36)50-29(2)39(48)44-22-24-45(25-23-44)40(49)52-41(3,4)5/h18-21,26-27,29,34H,6-17,22-25,28H2,1-5H3,(H,43,46)/t29-,34?/m0/s1. The zero-order valence-electron chi connectivity index (χ0n) is 31.8. The Kier molecular flexibility index (Phi) is 15.7. The van der Waals surface area contributed by atoms with E-state index in [0.717, 1.165) is 30.4 Å². The zero-order chi connectivity index (χ0) is 37.7. The maximum absolute atomic E-state index is 13.2. The van der Waals surface area contributed by atoms with Gasteiger partial charge in [0.2, 0.25) is 5.91 Å². The third kappa shape index (κ3) is 12.7. The van der Waals surface area contributed by atoms with Crippen LogP contribution in [0.5, 0.6) is 11.5 Å². The molecule has 11 heteroatoms. The van der Waals surface area contributed by atoms with Gasteiger partial charge in [0, 0.05) is 60.9 Å². The minimum Gasteiger partial charge on any atom is -0.481 e. The van der Waals surface area contributed by atoms with E-state index in [-0.39, 0.29) is 30.2 Å². The first-order valence-electron chi connectivity index (χ1n) is 19.2. The molecule has 286 valence electrons. The largest absolute Gasteiger partial charge is 0.481 e. The van der Waals surface area contributed by atoms with E-state index in [2.05, 4.69) is 12.2 Å². The van der Waals surface area contributed by atoms with Crippen molar-refractivity contribution in [3.05, 3.63) is 52.5 Å². The number of nitrogens with one attached hydrogen (secondary N) is 1. The number of hydrogen-bond acceptors (Lipinski definition) is 7. The monoisotopic (exact) mass is 739 g/mol. The molecule has 0 bridgehead atoms. The Morgan fingerprint density at radius 1 is 0.865 bits per heavy atom. The number of fused-ring (bicyclic) bond motifs is 1. The van der Waals surface area contributed by atoms with Gasteiger partial charge in [0.15, 0.2) is 6.10 Å². The molecule has 2 atom stereocenters. The second kappa shape index (κ2) is 19.9. The fourth-order valence-electron chi connectivity index (χ4n) is 6.69. The molecule has 52 heavy (non-hydrogen) atoms. The molecule has 0 saturated carbocycles. The van der Waals surface area contributed by atoms with Gasteiger partial charge in [0.1, 0.15) is 17.1 Å². The number of unbranched alkanes of at least 4 members (excludes halogenated alkanes) is 10. The molecule has 3 amide bonds. The van der Waals surface area contributed by atoms with Crippen LogP contribution in [0.15, 0.2) is 36.4 Å². The van der Waals surface area contributed by atoms with Crippen LogP contribution in [0, 0.1) is 0 Å². The summed E-state index contributed by atoms with van der Waals surface area (Å²) in [7, 11) is 0.